The first kappa shape index (κ1) is 17.8. The molecule has 1 amide bonds. The lowest BCUT2D eigenvalue weighted by atomic mass is 9.96. The first-order chi connectivity index (χ1) is 13.3. The first-order valence-electron chi connectivity index (χ1n) is 9.03. The maximum atomic E-state index is 12.4. The average molecular weight is 383 g/mol. The van der Waals surface area contributed by atoms with E-state index < -0.39 is 0 Å². The molecule has 1 aliphatic heterocycles. The number of nitrogens with zero attached hydrogens (tertiary/aromatic N) is 4. The Morgan fingerprint density at radius 2 is 2.19 bits per heavy atom. The summed E-state index contributed by atoms with van der Waals surface area (Å²) in [5, 5.41) is 9.06. The molecule has 1 aliphatic rings. The number of hydrogen-bond acceptors (Lipinski definition) is 7. The van der Waals surface area contributed by atoms with Crippen LogP contribution in [0.25, 0.3) is 10.7 Å². The van der Waals surface area contributed by atoms with Crippen molar-refractivity contribution in [2.45, 2.75) is 25.9 Å². The van der Waals surface area contributed by atoms with Gasteiger partial charge in [0.15, 0.2) is 0 Å². The lowest BCUT2D eigenvalue weighted by Crippen LogP contribution is -2.40. The third-order valence-electron chi connectivity index (χ3n) is 4.72. The molecule has 0 spiro atoms. The van der Waals surface area contributed by atoms with Crippen LogP contribution in [-0.4, -0.2) is 39.0 Å². The largest absolute Gasteiger partial charge is 0.352 e. The van der Waals surface area contributed by atoms with Gasteiger partial charge in [-0.1, -0.05) is 17.3 Å². The summed E-state index contributed by atoms with van der Waals surface area (Å²) in [6.45, 7) is 2.85. The molecule has 0 saturated carbocycles. The molecule has 0 radical (unpaired) electrons. The molecular formula is C19H21N5O2S. The highest BCUT2D eigenvalue weighted by Crippen LogP contribution is 2.23. The van der Waals surface area contributed by atoms with E-state index in [1.54, 1.807) is 23.7 Å². The Hall–Kier alpha value is -2.58. The molecule has 0 bridgehead atoms. The third-order valence-corrected chi connectivity index (χ3v) is 5.58. The molecule has 0 unspecified atom stereocenters. The van der Waals surface area contributed by atoms with Crippen LogP contribution in [-0.2, 0) is 17.9 Å². The number of nitrogens with one attached hydrogen (secondary N) is 1. The molecular weight excluding hydrogens is 362 g/mol. The van der Waals surface area contributed by atoms with Crippen LogP contribution in [0.3, 0.4) is 0 Å². The smallest absolute Gasteiger partial charge is 0.241 e. The zero-order valence-corrected chi connectivity index (χ0v) is 15.7. The van der Waals surface area contributed by atoms with Crippen LogP contribution < -0.4 is 5.32 Å². The Bertz CT molecular complexity index is 857. The molecule has 140 valence electrons. The van der Waals surface area contributed by atoms with E-state index >= 15 is 0 Å². The predicted molar refractivity (Wildman–Crippen MR) is 102 cm³/mol. The number of carbonyl (C=O) groups is 1. The second-order valence-electron chi connectivity index (χ2n) is 6.62. The SMILES string of the molecule is O=C(NCc1cccnc1)C1CCN(Cc2nc(-c3cccs3)no2)CC1. The van der Waals surface area contributed by atoms with Crippen LogP contribution in [0.5, 0.6) is 0 Å². The van der Waals surface area contributed by atoms with Gasteiger partial charge in [0.2, 0.25) is 17.6 Å². The van der Waals surface area contributed by atoms with Crippen LogP contribution in [0.15, 0.2) is 46.6 Å². The highest BCUT2D eigenvalue weighted by atomic mass is 32.1. The quantitative estimate of drug-likeness (QED) is 0.705. The van der Waals surface area contributed by atoms with E-state index in [2.05, 4.69) is 25.3 Å². The number of amides is 1. The minimum absolute atomic E-state index is 0.0577. The van der Waals surface area contributed by atoms with Gasteiger partial charge in [-0.2, -0.15) is 4.98 Å². The predicted octanol–water partition coefficient (Wildman–Crippen LogP) is 2.72. The number of rotatable bonds is 6. The van der Waals surface area contributed by atoms with Gasteiger partial charge >= 0.3 is 0 Å². The highest BCUT2D eigenvalue weighted by Gasteiger charge is 2.25. The monoisotopic (exact) mass is 383 g/mol. The molecule has 3 aromatic heterocycles. The summed E-state index contributed by atoms with van der Waals surface area (Å²) in [5.74, 6) is 1.45. The normalized spacial score (nSPS) is 15.7. The van der Waals surface area contributed by atoms with Gasteiger partial charge in [0.25, 0.3) is 0 Å². The lowest BCUT2D eigenvalue weighted by molar-refractivity contribution is -0.126. The van der Waals surface area contributed by atoms with E-state index in [0.717, 1.165) is 36.4 Å². The van der Waals surface area contributed by atoms with E-state index in [9.17, 15) is 4.79 Å². The molecule has 1 fully saturated rings. The highest BCUT2D eigenvalue weighted by molar-refractivity contribution is 7.13. The van der Waals surface area contributed by atoms with Crippen molar-refractivity contribution in [1.82, 2.24) is 25.3 Å². The van der Waals surface area contributed by atoms with Crippen molar-refractivity contribution in [3.63, 3.8) is 0 Å². The van der Waals surface area contributed by atoms with E-state index in [1.807, 2.05) is 29.6 Å². The Labute approximate surface area is 161 Å². The summed E-state index contributed by atoms with van der Waals surface area (Å²) in [7, 11) is 0. The molecule has 3 aromatic rings. The van der Waals surface area contributed by atoms with Gasteiger partial charge in [-0.15, -0.1) is 11.3 Å². The van der Waals surface area contributed by atoms with Gasteiger partial charge in [-0.25, -0.2) is 0 Å². The molecule has 0 atom stereocenters. The zero-order valence-electron chi connectivity index (χ0n) is 14.9. The molecule has 27 heavy (non-hydrogen) atoms. The van der Waals surface area contributed by atoms with Gasteiger partial charge in [-0.05, 0) is 49.0 Å². The number of pyridine rings is 1. The number of hydrogen-bond donors (Lipinski definition) is 1. The fraction of sp³-hybridized carbons (Fsp3) is 0.368. The minimum Gasteiger partial charge on any atom is -0.352 e. The van der Waals surface area contributed by atoms with E-state index in [1.165, 1.54) is 0 Å². The summed E-state index contributed by atoms with van der Waals surface area (Å²) in [6, 6.07) is 7.79. The fourth-order valence-electron chi connectivity index (χ4n) is 3.21. The van der Waals surface area contributed by atoms with Crippen molar-refractivity contribution in [2.24, 2.45) is 5.92 Å². The molecule has 1 saturated heterocycles. The van der Waals surface area contributed by atoms with Gasteiger partial charge in [-0.3, -0.25) is 14.7 Å². The second kappa shape index (κ2) is 8.41. The second-order valence-corrected chi connectivity index (χ2v) is 7.57. The standard InChI is InChI=1S/C19H21N5O2S/c25-19(21-12-14-3-1-7-20-11-14)15-5-8-24(9-6-15)13-17-22-18(23-26-17)16-4-2-10-27-16/h1-4,7,10-11,15H,5-6,8-9,12-13H2,(H,21,25). The van der Waals surface area contributed by atoms with Gasteiger partial charge in [0, 0.05) is 24.9 Å². The van der Waals surface area contributed by atoms with Crippen LogP contribution in [0.4, 0.5) is 0 Å². The number of carbonyl (C=O) groups excluding carboxylic acids is 1. The molecule has 4 rings (SSSR count). The summed E-state index contributed by atoms with van der Waals surface area (Å²) < 4.78 is 5.37. The Morgan fingerprint density at radius 3 is 2.93 bits per heavy atom. The van der Waals surface area contributed by atoms with Gasteiger partial charge < -0.3 is 9.84 Å². The Balaban J connectivity index is 1.23. The van der Waals surface area contributed by atoms with Crippen LogP contribution in [0, 0.1) is 5.92 Å². The van der Waals surface area contributed by atoms with Crippen LogP contribution in [0.2, 0.25) is 0 Å². The van der Waals surface area contributed by atoms with Crippen molar-refractivity contribution in [3.05, 3.63) is 53.5 Å². The molecule has 8 heteroatoms. The van der Waals surface area contributed by atoms with E-state index in [4.69, 9.17) is 4.52 Å². The number of aromatic nitrogens is 3. The van der Waals surface area contributed by atoms with Crippen molar-refractivity contribution < 1.29 is 9.32 Å². The average Bonchev–Trinajstić information content (AvgIpc) is 3.39. The number of thiophene rings is 1. The van der Waals surface area contributed by atoms with E-state index in [0.29, 0.717) is 24.8 Å². The molecule has 7 nitrogen and oxygen atoms in total. The topological polar surface area (TPSA) is 84.2 Å². The van der Waals surface area contributed by atoms with Crippen molar-refractivity contribution in [3.8, 4) is 10.7 Å². The summed E-state index contributed by atoms with van der Waals surface area (Å²) in [5.41, 5.74) is 1.02. The van der Waals surface area contributed by atoms with Crippen LogP contribution in [0.1, 0.15) is 24.3 Å². The summed E-state index contributed by atoms with van der Waals surface area (Å²) in [6.07, 6.45) is 5.18. The lowest BCUT2D eigenvalue weighted by Gasteiger charge is -2.30. The van der Waals surface area contributed by atoms with Crippen molar-refractivity contribution in [2.75, 3.05) is 13.1 Å². The minimum atomic E-state index is 0.0577. The first-order valence-corrected chi connectivity index (χ1v) is 9.91. The molecule has 0 aromatic carbocycles. The van der Waals surface area contributed by atoms with Crippen LogP contribution >= 0.6 is 11.3 Å². The fourth-order valence-corrected chi connectivity index (χ4v) is 3.85. The van der Waals surface area contributed by atoms with E-state index in [-0.39, 0.29) is 11.8 Å². The number of piperidine rings is 1. The van der Waals surface area contributed by atoms with Gasteiger partial charge in [0.1, 0.15) is 0 Å². The van der Waals surface area contributed by atoms with Crippen molar-refractivity contribution >= 4 is 17.2 Å². The zero-order chi connectivity index (χ0) is 18.5. The Kier molecular flexibility index (Phi) is 5.55. The maximum Gasteiger partial charge on any atom is 0.241 e. The van der Waals surface area contributed by atoms with Crippen molar-refractivity contribution in [1.29, 1.82) is 0 Å². The van der Waals surface area contributed by atoms with Gasteiger partial charge in [0.05, 0.1) is 11.4 Å². The molecule has 1 N–H and O–H groups in total. The molecule has 0 aliphatic carbocycles. The molecule has 4 heterocycles. The number of likely N-dealkylation sites (tertiary alicyclic amines) is 1. The summed E-state index contributed by atoms with van der Waals surface area (Å²) >= 11 is 1.59. The Morgan fingerprint density at radius 1 is 1.30 bits per heavy atom. The third kappa shape index (κ3) is 4.58. The maximum absolute atomic E-state index is 12.4. The summed E-state index contributed by atoms with van der Waals surface area (Å²) in [4.78, 5) is 24.2.